The van der Waals surface area contributed by atoms with Gasteiger partial charge in [0, 0.05) is 39.6 Å². The van der Waals surface area contributed by atoms with Gasteiger partial charge in [0.2, 0.25) is 0 Å². The maximum absolute atomic E-state index is 13.1. The van der Waals surface area contributed by atoms with Gasteiger partial charge in [0.15, 0.2) is 5.96 Å². The van der Waals surface area contributed by atoms with E-state index in [-0.39, 0.29) is 5.82 Å². The number of aliphatic imine (C=N–C) groups is 1. The molecule has 0 atom stereocenters. The maximum Gasteiger partial charge on any atom is 0.193 e. The highest BCUT2D eigenvalue weighted by Gasteiger charge is 2.09. The van der Waals surface area contributed by atoms with E-state index < -0.39 is 0 Å². The molecule has 2 aromatic carbocycles. The van der Waals surface area contributed by atoms with Gasteiger partial charge in [-0.25, -0.2) is 4.39 Å². The predicted octanol–water partition coefficient (Wildman–Crippen LogP) is 3.28. The third kappa shape index (κ3) is 5.17. The molecule has 0 aliphatic carbocycles. The molecule has 27 heavy (non-hydrogen) atoms. The summed E-state index contributed by atoms with van der Waals surface area (Å²) in [5.41, 5.74) is 3.44. The lowest BCUT2D eigenvalue weighted by atomic mass is 10.1. The van der Waals surface area contributed by atoms with Gasteiger partial charge in [-0.2, -0.15) is 5.10 Å². The third-order valence-electron chi connectivity index (χ3n) is 4.35. The van der Waals surface area contributed by atoms with E-state index >= 15 is 0 Å². The first-order valence-corrected chi connectivity index (χ1v) is 8.86. The van der Waals surface area contributed by atoms with Crippen molar-refractivity contribution in [2.75, 3.05) is 14.1 Å². The number of aromatic nitrogens is 2. The van der Waals surface area contributed by atoms with Crippen LogP contribution in [0.4, 0.5) is 4.39 Å². The minimum atomic E-state index is -0.224. The van der Waals surface area contributed by atoms with Gasteiger partial charge < -0.3 is 10.2 Å². The van der Waals surface area contributed by atoms with Crippen LogP contribution in [0.15, 0.2) is 72.0 Å². The number of guanidine groups is 1. The summed E-state index contributed by atoms with van der Waals surface area (Å²) in [4.78, 5) is 6.38. The topological polar surface area (TPSA) is 45.5 Å². The number of halogens is 1. The molecule has 3 aromatic rings. The fraction of sp³-hybridized carbons (Fsp3) is 0.238. The molecular weight excluding hydrogens is 341 g/mol. The van der Waals surface area contributed by atoms with Crippen LogP contribution in [0.2, 0.25) is 0 Å². The van der Waals surface area contributed by atoms with Crippen LogP contribution in [0.25, 0.3) is 0 Å². The van der Waals surface area contributed by atoms with Crippen LogP contribution < -0.4 is 5.32 Å². The Morgan fingerprint density at radius 3 is 2.52 bits per heavy atom. The molecule has 1 heterocycles. The Bertz CT molecular complexity index is 872. The Morgan fingerprint density at radius 2 is 1.85 bits per heavy atom. The zero-order chi connectivity index (χ0) is 19.1. The molecule has 5 nitrogen and oxygen atoms in total. The van der Waals surface area contributed by atoms with E-state index in [1.807, 2.05) is 41.0 Å². The number of hydrogen-bond acceptors (Lipinski definition) is 2. The van der Waals surface area contributed by atoms with Gasteiger partial charge in [-0.15, -0.1) is 0 Å². The first-order chi connectivity index (χ1) is 13.2. The molecule has 3 rings (SSSR count). The number of nitrogens with one attached hydrogen (secondary N) is 1. The molecule has 1 N–H and O–H groups in total. The summed E-state index contributed by atoms with van der Waals surface area (Å²) in [6, 6.07) is 16.8. The van der Waals surface area contributed by atoms with Crippen molar-refractivity contribution in [1.29, 1.82) is 0 Å². The molecule has 140 valence electrons. The van der Waals surface area contributed by atoms with E-state index in [0.29, 0.717) is 13.1 Å². The van der Waals surface area contributed by atoms with E-state index in [4.69, 9.17) is 0 Å². The molecule has 0 saturated carbocycles. The van der Waals surface area contributed by atoms with Crippen molar-refractivity contribution in [3.63, 3.8) is 0 Å². The molecular formula is C21H24FN5. The van der Waals surface area contributed by atoms with Crippen molar-refractivity contribution in [3.05, 3.63) is 89.5 Å². The molecule has 0 fully saturated rings. The fourth-order valence-electron chi connectivity index (χ4n) is 2.95. The van der Waals surface area contributed by atoms with Crippen molar-refractivity contribution in [3.8, 4) is 0 Å². The van der Waals surface area contributed by atoms with Crippen molar-refractivity contribution in [1.82, 2.24) is 20.0 Å². The summed E-state index contributed by atoms with van der Waals surface area (Å²) in [5, 5.41) is 7.69. The highest BCUT2D eigenvalue weighted by molar-refractivity contribution is 5.79. The molecule has 0 unspecified atom stereocenters. The van der Waals surface area contributed by atoms with E-state index in [0.717, 1.165) is 18.1 Å². The third-order valence-corrected chi connectivity index (χ3v) is 4.35. The van der Waals surface area contributed by atoms with Gasteiger partial charge in [0.05, 0.1) is 6.54 Å². The molecule has 0 saturated heterocycles. The second kappa shape index (κ2) is 8.98. The van der Waals surface area contributed by atoms with Crippen molar-refractivity contribution >= 4 is 5.96 Å². The Morgan fingerprint density at radius 1 is 1.11 bits per heavy atom. The van der Waals surface area contributed by atoms with Gasteiger partial charge in [-0.3, -0.25) is 9.67 Å². The average Bonchev–Trinajstić information content (AvgIpc) is 3.18. The largest absolute Gasteiger partial charge is 0.352 e. The molecule has 0 aliphatic rings. The van der Waals surface area contributed by atoms with Crippen molar-refractivity contribution < 1.29 is 4.39 Å². The van der Waals surface area contributed by atoms with Crippen LogP contribution >= 0.6 is 0 Å². The van der Waals surface area contributed by atoms with Crippen LogP contribution in [0.3, 0.4) is 0 Å². The summed E-state index contributed by atoms with van der Waals surface area (Å²) < 4.78 is 15.0. The van der Waals surface area contributed by atoms with Crippen molar-refractivity contribution in [2.45, 2.75) is 19.6 Å². The molecule has 0 radical (unpaired) electrons. The highest BCUT2D eigenvalue weighted by atomic mass is 19.1. The first-order valence-electron chi connectivity index (χ1n) is 8.86. The zero-order valence-electron chi connectivity index (χ0n) is 15.6. The Balaban J connectivity index is 1.63. The first kappa shape index (κ1) is 18.6. The molecule has 0 amide bonds. The predicted molar refractivity (Wildman–Crippen MR) is 106 cm³/mol. The summed E-state index contributed by atoms with van der Waals surface area (Å²) in [5.74, 6) is 0.561. The van der Waals surface area contributed by atoms with Gasteiger partial charge in [-0.1, -0.05) is 36.4 Å². The SMILES string of the molecule is CN=C(NCc1ccccc1Cn1cccn1)N(C)Cc1ccc(F)cc1. The van der Waals surface area contributed by atoms with Gasteiger partial charge in [-0.05, 0) is 34.9 Å². The molecule has 0 aliphatic heterocycles. The fourth-order valence-corrected chi connectivity index (χ4v) is 2.95. The monoisotopic (exact) mass is 365 g/mol. The highest BCUT2D eigenvalue weighted by Crippen LogP contribution is 2.11. The summed E-state index contributed by atoms with van der Waals surface area (Å²) in [7, 11) is 3.73. The molecule has 1 aromatic heterocycles. The van der Waals surface area contributed by atoms with E-state index in [9.17, 15) is 4.39 Å². The Kier molecular flexibility index (Phi) is 6.20. The van der Waals surface area contributed by atoms with Gasteiger partial charge >= 0.3 is 0 Å². The van der Waals surface area contributed by atoms with Crippen molar-refractivity contribution in [2.24, 2.45) is 4.99 Å². The summed E-state index contributed by atoms with van der Waals surface area (Å²) >= 11 is 0. The van der Waals surface area contributed by atoms with Crippen LogP contribution in [0.5, 0.6) is 0 Å². The van der Waals surface area contributed by atoms with Crippen LogP contribution in [-0.2, 0) is 19.6 Å². The summed E-state index contributed by atoms with van der Waals surface area (Å²) in [6.45, 7) is 2.04. The second-order valence-electron chi connectivity index (χ2n) is 6.36. The Hall–Kier alpha value is -3.15. The lowest BCUT2D eigenvalue weighted by Crippen LogP contribution is -2.38. The van der Waals surface area contributed by atoms with Gasteiger partial charge in [0.1, 0.15) is 5.82 Å². The van der Waals surface area contributed by atoms with E-state index in [1.54, 1.807) is 25.4 Å². The maximum atomic E-state index is 13.1. The van der Waals surface area contributed by atoms with Crippen LogP contribution in [0, 0.1) is 5.82 Å². The standard InChI is InChI=1S/C21H24FN5/c1-23-21(26(2)15-17-8-10-20(22)11-9-17)24-14-18-6-3-4-7-19(18)16-27-13-5-12-25-27/h3-13H,14-16H2,1-2H3,(H,23,24). The number of hydrogen-bond donors (Lipinski definition) is 1. The van der Waals surface area contributed by atoms with Crippen LogP contribution in [-0.4, -0.2) is 34.7 Å². The molecule has 0 bridgehead atoms. The quantitative estimate of drug-likeness (QED) is 0.539. The smallest absolute Gasteiger partial charge is 0.193 e. The summed E-state index contributed by atoms with van der Waals surface area (Å²) in [6.07, 6.45) is 3.74. The zero-order valence-corrected chi connectivity index (χ0v) is 15.6. The van der Waals surface area contributed by atoms with Gasteiger partial charge in [0.25, 0.3) is 0 Å². The molecule has 6 heteroatoms. The van der Waals surface area contributed by atoms with Crippen LogP contribution in [0.1, 0.15) is 16.7 Å². The minimum absolute atomic E-state index is 0.224. The number of benzene rings is 2. The normalized spacial score (nSPS) is 11.4. The second-order valence-corrected chi connectivity index (χ2v) is 6.36. The number of rotatable bonds is 6. The van der Waals surface area contributed by atoms with E-state index in [1.165, 1.54) is 23.3 Å². The van der Waals surface area contributed by atoms with E-state index in [2.05, 4.69) is 27.5 Å². The number of nitrogens with zero attached hydrogens (tertiary/aromatic N) is 4. The lowest BCUT2D eigenvalue weighted by Gasteiger charge is -2.23. The Labute approximate surface area is 159 Å². The average molecular weight is 365 g/mol. The molecule has 0 spiro atoms. The minimum Gasteiger partial charge on any atom is -0.352 e. The lowest BCUT2D eigenvalue weighted by molar-refractivity contribution is 0.475.